The molecule has 2 aromatic rings. The molecule has 25 heavy (non-hydrogen) atoms. The predicted octanol–water partition coefficient (Wildman–Crippen LogP) is 2.72. The first-order chi connectivity index (χ1) is 11.7. The molecule has 0 aliphatic rings. The molecule has 7 heteroatoms. The van der Waals surface area contributed by atoms with Crippen LogP contribution in [0.15, 0.2) is 53.4 Å². The molecule has 2 aromatic carbocycles. The first kappa shape index (κ1) is 19.0. The molecule has 2 atom stereocenters. The van der Waals surface area contributed by atoms with Crippen molar-refractivity contribution in [1.29, 1.82) is 0 Å². The van der Waals surface area contributed by atoms with Crippen molar-refractivity contribution in [2.45, 2.75) is 31.7 Å². The van der Waals surface area contributed by atoms with E-state index in [1.54, 1.807) is 63.2 Å². The highest BCUT2D eigenvalue weighted by molar-refractivity contribution is 7.92. The van der Waals surface area contributed by atoms with Gasteiger partial charge in [-0.05, 0) is 43.7 Å². The van der Waals surface area contributed by atoms with Gasteiger partial charge in [0.1, 0.15) is 0 Å². The summed E-state index contributed by atoms with van der Waals surface area (Å²) in [6.07, 6.45) is 0. The number of rotatable bonds is 6. The van der Waals surface area contributed by atoms with Crippen molar-refractivity contribution in [3.05, 3.63) is 54.1 Å². The number of hydrogen-bond donors (Lipinski definition) is 3. The molecule has 0 radical (unpaired) electrons. The van der Waals surface area contributed by atoms with Crippen LogP contribution in [-0.4, -0.2) is 20.4 Å². The highest BCUT2D eigenvalue weighted by atomic mass is 32.2. The molecular weight excluding hydrogens is 338 g/mol. The largest absolute Gasteiger partial charge is 0.327 e. The van der Waals surface area contributed by atoms with Crippen molar-refractivity contribution in [3.63, 3.8) is 0 Å². The summed E-state index contributed by atoms with van der Waals surface area (Å²) in [5.41, 5.74) is 7.21. The van der Waals surface area contributed by atoms with Crippen LogP contribution in [0.5, 0.6) is 0 Å². The van der Waals surface area contributed by atoms with Crippen LogP contribution in [-0.2, 0) is 14.8 Å². The lowest BCUT2D eigenvalue weighted by Gasteiger charge is -2.16. The molecule has 134 valence electrons. The number of amides is 1. The SMILES string of the molecule is Cc1ccc(NC(=O)C(C)C(C)N)cc1S(=O)(=O)Nc1ccccc1. The van der Waals surface area contributed by atoms with E-state index in [9.17, 15) is 13.2 Å². The van der Waals surface area contributed by atoms with Gasteiger partial charge < -0.3 is 11.1 Å². The van der Waals surface area contributed by atoms with Gasteiger partial charge in [0.15, 0.2) is 0 Å². The minimum Gasteiger partial charge on any atom is -0.327 e. The van der Waals surface area contributed by atoms with Gasteiger partial charge in [-0.1, -0.05) is 31.2 Å². The van der Waals surface area contributed by atoms with Crippen LogP contribution >= 0.6 is 0 Å². The van der Waals surface area contributed by atoms with Crippen molar-refractivity contribution in [2.24, 2.45) is 11.7 Å². The summed E-state index contributed by atoms with van der Waals surface area (Å²) in [5.74, 6) is -0.637. The second-order valence-corrected chi connectivity index (χ2v) is 7.74. The summed E-state index contributed by atoms with van der Waals surface area (Å²) < 4.78 is 27.9. The lowest BCUT2D eigenvalue weighted by Crippen LogP contribution is -2.34. The van der Waals surface area contributed by atoms with Gasteiger partial charge >= 0.3 is 0 Å². The zero-order valence-corrected chi connectivity index (χ0v) is 15.3. The number of benzene rings is 2. The Hall–Kier alpha value is -2.38. The van der Waals surface area contributed by atoms with Gasteiger partial charge in [0, 0.05) is 17.4 Å². The maximum Gasteiger partial charge on any atom is 0.262 e. The number of nitrogens with two attached hydrogens (primary N) is 1. The molecule has 2 unspecified atom stereocenters. The number of aryl methyl sites for hydroxylation is 1. The Labute approximate surface area is 148 Å². The summed E-state index contributed by atoms with van der Waals surface area (Å²) in [5, 5.41) is 2.72. The van der Waals surface area contributed by atoms with Crippen LogP contribution in [0.4, 0.5) is 11.4 Å². The molecule has 0 aromatic heterocycles. The molecule has 0 saturated heterocycles. The quantitative estimate of drug-likeness (QED) is 0.736. The van der Waals surface area contributed by atoms with E-state index in [0.29, 0.717) is 16.9 Å². The predicted molar refractivity (Wildman–Crippen MR) is 99.9 cm³/mol. The van der Waals surface area contributed by atoms with E-state index in [2.05, 4.69) is 10.0 Å². The van der Waals surface area contributed by atoms with E-state index >= 15 is 0 Å². The lowest BCUT2D eigenvalue weighted by atomic mass is 10.0. The van der Waals surface area contributed by atoms with Crippen LogP contribution in [0, 0.1) is 12.8 Å². The molecule has 6 nitrogen and oxygen atoms in total. The second kappa shape index (κ2) is 7.67. The smallest absolute Gasteiger partial charge is 0.262 e. The summed E-state index contributed by atoms with van der Waals surface area (Å²) in [4.78, 5) is 12.2. The van der Waals surface area contributed by atoms with Gasteiger partial charge in [-0.3, -0.25) is 9.52 Å². The van der Waals surface area contributed by atoms with E-state index in [-0.39, 0.29) is 22.8 Å². The van der Waals surface area contributed by atoms with Gasteiger partial charge in [-0.15, -0.1) is 0 Å². The highest BCUT2D eigenvalue weighted by Gasteiger charge is 2.20. The monoisotopic (exact) mass is 361 g/mol. The fourth-order valence-corrected chi connectivity index (χ4v) is 3.51. The standard InChI is InChI=1S/C18H23N3O3S/c1-12-9-10-16(20-18(22)13(2)14(3)19)11-17(12)25(23,24)21-15-7-5-4-6-8-15/h4-11,13-14,21H,19H2,1-3H3,(H,20,22). The third kappa shape index (κ3) is 4.80. The number of anilines is 2. The first-order valence-corrected chi connectivity index (χ1v) is 9.44. The molecule has 0 saturated carbocycles. The minimum atomic E-state index is -3.76. The fourth-order valence-electron chi connectivity index (χ4n) is 2.18. The van der Waals surface area contributed by atoms with Gasteiger partial charge in [0.2, 0.25) is 5.91 Å². The summed E-state index contributed by atoms with van der Waals surface area (Å²) in [6, 6.07) is 13.1. The Morgan fingerprint density at radius 2 is 1.68 bits per heavy atom. The van der Waals surface area contributed by atoms with E-state index in [0.717, 1.165) is 0 Å². The van der Waals surface area contributed by atoms with Crippen LogP contribution in [0.25, 0.3) is 0 Å². The number of carbonyl (C=O) groups is 1. The average Bonchev–Trinajstić information content (AvgIpc) is 2.56. The van der Waals surface area contributed by atoms with Crippen molar-refractivity contribution in [2.75, 3.05) is 10.0 Å². The zero-order valence-electron chi connectivity index (χ0n) is 14.5. The van der Waals surface area contributed by atoms with Crippen LogP contribution in [0.2, 0.25) is 0 Å². The maximum atomic E-state index is 12.7. The fraction of sp³-hybridized carbons (Fsp3) is 0.278. The Balaban J connectivity index is 2.28. The molecule has 0 aliphatic carbocycles. The Morgan fingerprint density at radius 1 is 1.04 bits per heavy atom. The van der Waals surface area contributed by atoms with Gasteiger partial charge in [0.05, 0.1) is 10.8 Å². The van der Waals surface area contributed by atoms with Crippen LogP contribution in [0.1, 0.15) is 19.4 Å². The molecule has 0 bridgehead atoms. The van der Waals surface area contributed by atoms with E-state index < -0.39 is 10.0 Å². The minimum absolute atomic E-state index is 0.114. The van der Waals surface area contributed by atoms with E-state index in [4.69, 9.17) is 5.73 Å². The molecule has 2 rings (SSSR count). The normalized spacial score (nSPS) is 13.8. The van der Waals surface area contributed by atoms with Gasteiger partial charge in [-0.25, -0.2) is 8.42 Å². The number of para-hydroxylation sites is 1. The number of nitrogens with one attached hydrogen (secondary N) is 2. The number of hydrogen-bond acceptors (Lipinski definition) is 4. The summed E-state index contributed by atoms with van der Waals surface area (Å²) in [7, 11) is -3.76. The third-order valence-corrected chi connectivity index (χ3v) is 5.50. The molecule has 4 N–H and O–H groups in total. The Kier molecular flexibility index (Phi) is 5.81. The maximum absolute atomic E-state index is 12.7. The lowest BCUT2D eigenvalue weighted by molar-refractivity contribution is -0.119. The number of carbonyl (C=O) groups excluding carboxylic acids is 1. The number of sulfonamides is 1. The third-order valence-electron chi connectivity index (χ3n) is 3.97. The van der Waals surface area contributed by atoms with Crippen molar-refractivity contribution in [3.8, 4) is 0 Å². The zero-order chi connectivity index (χ0) is 18.6. The molecule has 1 amide bonds. The summed E-state index contributed by atoms with van der Waals surface area (Å²) in [6.45, 7) is 5.18. The topological polar surface area (TPSA) is 101 Å². The van der Waals surface area contributed by atoms with Gasteiger partial charge in [-0.2, -0.15) is 0 Å². The van der Waals surface area contributed by atoms with Crippen molar-refractivity contribution < 1.29 is 13.2 Å². The molecule has 0 aliphatic heterocycles. The van der Waals surface area contributed by atoms with Gasteiger partial charge in [0.25, 0.3) is 10.0 Å². The molecule has 0 spiro atoms. The molecular formula is C18H23N3O3S. The average molecular weight is 361 g/mol. The first-order valence-electron chi connectivity index (χ1n) is 7.95. The van der Waals surface area contributed by atoms with E-state index in [1.165, 1.54) is 6.07 Å². The molecule has 0 heterocycles. The Bertz CT molecular complexity index is 849. The van der Waals surface area contributed by atoms with Crippen molar-refractivity contribution in [1.82, 2.24) is 0 Å². The molecule has 0 fully saturated rings. The van der Waals surface area contributed by atoms with Crippen LogP contribution in [0.3, 0.4) is 0 Å². The van der Waals surface area contributed by atoms with Crippen molar-refractivity contribution >= 4 is 27.3 Å². The van der Waals surface area contributed by atoms with Crippen LogP contribution < -0.4 is 15.8 Å². The second-order valence-electron chi connectivity index (χ2n) is 6.09. The van der Waals surface area contributed by atoms with E-state index in [1.807, 2.05) is 0 Å². The summed E-state index contributed by atoms with van der Waals surface area (Å²) >= 11 is 0. The Morgan fingerprint density at radius 3 is 2.28 bits per heavy atom. The highest BCUT2D eigenvalue weighted by Crippen LogP contribution is 2.23.